The normalized spacial score (nSPS) is 28.5. The SMILES string of the molecule is CC(CCCC1(C)CC1)C1(CF)CC1. The van der Waals surface area contributed by atoms with Crippen molar-refractivity contribution >= 4 is 0 Å². The lowest BCUT2D eigenvalue weighted by atomic mass is 9.86. The fraction of sp³-hybridized carbons (Fsp3) is 1.00. The first-order chi connectivity index (χ1) is 6.60. The zero-order valence-corrected chi connectivity index (χ0v) is 9.61. The van der Waals surface area contributed by atoms with Gasteiger partial charge in [-0.25, -0.2) is 0 Å². The summed E-state index contributed by atoms with van der Waals surface area (Å²) in [6.07, 6.45) is 9.08. The molecule has 82 valence electrons. The van der Waals surface area contributed by atoms with Crippen molar-refractivity contribution in [1.82, 2.24) is 0 Å². The molecule has 0 heterocycles. The van der Waals surface area contributed by atoms with Gasteiger partial charge in [0.15, 0.2) is 0 Å². The van der Waals surface area contributed by atoms with Crippen molar-refractivity contribution < 1.29 is 4.39 Å². The minimum absolute atomic E-state index is 0.0779. The summed E-state index contributed by atoms with van der Waals surface area (Å²) in [6, 6.07) is 0. The molecular weight excluding hydrogens is 175 g/mol. The van der Waals surface area contributed by atoms with E-state index in [4.69, 9.17) is 0 Å². The van der Waals surface area contributed by atoms with Crippen LogP contribution in [0.1, 0.15) is 58.8 Å². The summed E-state index contributed by atoms with van der Waals surface area (Å²) in [5, 5.41) is 0. The third kappa shape index (κ3) is 2.12. The van der Waals surface area contributed by atoms with Gasteiger partial charge in [-0.1, -0.05) is 26.7 Å². The highest BCUT2D eigenvalue weighted by Crippen LogP contribution is 2.55. The van der Waals surface area contributed by atoms with Gasteiger partial charge in [-0.3, -0.25) is 4.39 Å². The molecule has 0 bridgehead atoms. The molecular formula is C13H23F. The fourth-order valence-corrected chi connectivity index (χ4v) is 2.52. The van der Waals surface area contributed by atoms with Crippen molar-refractivity contribution in [3.63, 3.8) is 0 Å². The quantitative estimate of drug-likeness (QED) is 0.595. The highest BCUT2D eigenvalue weighted by Gasteiger charge is 2.47. The van der Waals surface area contributed by atoms with Crippen molar-refractivity contribution in [3.8, 4) is 0 Å². The summed E-state index contributed by atoms with van der Waals surface area (Å²) in [4.78, 5) is 0. The van der Waals surface area contributed by atoms with E-state index in [9.17, 15) is 4.39 Å². The highest BCUT2D eigenvalue weighted by atomic mass is 19.1. The third-order valence-corrected chi connectivity index (χ3v) is 4.72. The third-order valence-electron chi connectivity index (χ3n) is 4.72. The first-order valence-electron chi connectivity index (χ1n) is 6.16. The van der Waals surface area contributed by atoms with Gasteiger partial charge in [-0.2, -0.15) is 0 Å². The molecule has 0 aromatic heterocycles. The predicted octanol–water partition coefficient (Wildman–Crippen LogP) is 4.34. The number of halogens is 1. The Bertz CT molecular complexity index is 201. The van der Waals surface area contributed by atoms with Gasteiger partial charge in [-0.05, 0) is 43.4 Å². The second-order valence-corrected chi connectivity index (χ2v) is 6.10. The van der Waals surface area contributed by atoms with E-state index >= 15 is 0 Å². The minimum Gasteiger partial charge on any atom is -0.250 e. The Morgan fingerprint density at radius 3 is 2.29 bits per heavy atom. The largest absolute Gasteiger partial charge is 0.250 e. The Morgan fingerprint density at radius 2 is 1.86 bits per heavy atom. The molecule has 2 aliphatic rings. The van der Waals surface area contributed by atoms with E-state index in [2.05, 4.69) is 13.8 Å². The average Bonchev–Trinajstić information content (AvgIpc) is 3.02. The van der Waals surface area contributed by atoms with Crippen LogP contribution in [0.15, 0.2) is 0 Å². The molecule has 0 spiro atoms. The lowest BCUT2D eigenvalue weighted by molar-refractivity contribution is 0.231. The summed E-state index contributed by atoms with van der Waals surface area (Å²) >= 11 is 0. The molecule has 2 saturated carbocycles. The van der Waals surface area contributed by atoms with E-state index in [1.165, 1.54) is 32.1 Å². The van der Waals surface area contributed by atoms with E-state index in [1.807, 2.05) is 0 Å². The number of hydrogen-bond acceptors (Lipinski definition) is 0. The van der Waals surface area contributed by atoms with Crippen LogP contribution >= 0.6 is 0 Å². The second-order valence-electron chi connectivity index (χ2n) is 6.10. The van der Waals surface area contributed by atoms with Crippen LogP contribution in [0.2, 0.25) is 0 Å². The first kappa shape index (κ1) is 10.4. The summed E-state index contributed by atoms with van der Waals surface area (Å²) in [5.74, 6) is 0.620. The predicted molar refractivity (Wildman–Crippen MR) is 58.0 cm³/mol. The molecule has 2 rings (SSSR count). The summed E-state index contributed by atoms with van der Waals surface area (Å²) in [7, 11) is 0. The maximum absolute atomic E-state index is 12.8. The van der Waals surface area contributed by atoms with Gasteiger partial charge in [0.25, 0.3) is 0 Å². The van der Waals surface area contributed by atoms with Crippen LogP contribution in [0.4, 0.5) is 4.39 Å². The Labute approximate surface area is 87.3 Å². The Kier molecular flexibility index (Phi) is 2.61. The van der Waals surface area contributed by atoms with Crippen molar-refractivity contribution in [2.45, 2.75) is 58.8 Å². The maximum Gasteiger partial charge on any atom is 0.0953 e. The second kappa shape index (κ2) is 3.50. The molecule has 1 unspecified atom stereocenters. The van der Waals surface area contributed by atoms with Gasteiger partial charge >= 0.3 is 0 Å². The van der Waals surface area contributed by atoms with E-state index in [0.717, 1.165) is 12.8 Å². The van der Waals surface area contributed by atoms with Crippen LogP contribution < -0.4 is 0 Å². The van der Waals surface area contributed by atoms with Crippen LogP contribution in [-0.2, 0) is 0 Å². The topological polar surface area (TPSA) is 0 Å². The average molecular weight is 198 g/mol. The molecule has 2 aliphatic carbocycles. The zero-order valence-electron chi connectivity index (χ0n) is 9.61. The van der Waals surface area contributed by atoms with Crippen LogP contribution in [0.25, 0.3) is 0 Å². The van der Waals surface area contributed by atoms with Gasteiger partial charge in [0.05, 0.1) is 6.67 Å². The molecule has 2 fully saturated rings. The van der Waals surface area contributed by atoms with E-state index in [0.29, 0.717) is 11.3 Å². The van der Waals surface area contributed by atoms with Crippen LogP contribution in [0.3, 0.4) is 0 Å². The lowest BCUT2D eigenvalue weighted by Gasteiger charge is -2.20. The molecule has 1 heteroatoms. The Hall–Kier alpha value is -0.0700. The van der Waals surface area contributed by atoms with Gasteiger partial charge in [-0.15, -0.1) is 0 Å². The van der Waals surface area contributed by atoms with Gasteiger partial charge in [0.1, 0.15) is 0 Å². The molecule has 0 aromatic carbocycles. The highest BCUT2D eigenvalue weighted by molar-refractivity contribution is 4.97. The number of alkyl halides is 1. The van der Waals surface area contributed by atoms with Crippen LogP contribution in [-0.4, -0.2) is 6.67 Å². The van der Waals surface area contributed by atoms with Gasteiger partial charge in [0, 0.05) is 5.41 Å². The van der Waals surface area contributed by atoms with Crippen LogP contribution in [0.5, 0.6) is 0 Å². The fourth-order valence-electron chi connectivity index (χ4n) is 2.52. The van der Waals surface area contributed by atoms with E-state index in [1.54, 1.807) is 0 Å². The molecule has 0 nitrogen and oxygen atoms in total. The zero-order chi connectivity index (χ0) is 10.2. The smallest absolute Gasteiger partial charge is 0.0953 e. The molecule has 0 aliphatic heterocycles. The van der Waals surface area contributed by atoms with E-state index < -0.39 is 0 Å². The monoisotopic (exact) mass is 198 g/mol. The number of hydrogen-bond donors (Lipinski definition) is 0. The summed E-state index contributed by atoms with van der Waals surface area (Å²) in [5.41, 5.74) is 0.816. The van der Waals surface area contributed by atoms with Gasteiger partial charge < -0.3 is 0 Å². The molecule has 14 heavy (non-hydrogen) atoms. The van der Waals surface area contributed by atoms with Crippen molar-refractivity contribution in [1.29, 1.82) is 0 Å². The van der Waals surface area contributed by atoms with Crippen molar-refractivity contribution in [3.05, 3.63) is 0 Å². The molecule has 0 amide bonds. The number of rotatable bonds is 6. The molecule has 0 aromatic rings. The molecule has 0 saturated heterocycles. The molecule has 1 atom stereocenters. The molecule has 0 radical (unpaired) electrons. The lowest BCUT2D eigenvalue weighted by Crippen LogP contribution is -2.15. The van der Waals surface area contributed by atoms with E-state index in [-0.39, 0.29) is 12.1 Å². The van der Waals surface area contributed by atoms with Crippen molar-refractivity contribution in [2.24, 2.45) is 16.7 Å². The van der Waals surface area contributed by atoms with Gasteiger partial charge in [0.2, 0.25) is 0 Å². The van der Waals surface area contributed by atoms with Crippen LogP contribution in [0, 0.1) is 16.7 Å². The van der Waals surface area contributed by atoms with Crippen molar-refractivity contribution in [2.75, 3.05) is 6.67 Å². The Balaban J connectivity index is 1.65. The summed E-state index contributed by atoms with van der Waals surface area (Å²) in [6.45, 7) is 4.56. The maximum atomic E-state index is 12.8. The first-order valence-corrected chi connectivity index (χ1v) is 6.16. The molecule has 0 N–H and O–H groups in total. The minimum atomic E-state index is -0.0779. The summed E-state index contributed by atoms with van der Waals surface area (Å²) < 4.78 is 12.8. The standard InChI is InChI=1S/C13H23F/c1-11(13(10-14)8-9-13)4-3-5-12(2)6-7-12/h11H,3-10H2,1-2H3. The Morgan fingerprint density at radius 1 is 1.21 bits per heavy atom.